The highest BCUT2D eigenvalue weighted by Gasteiger charge is 2.40. The van der Waals surface area contributed by atoms with E-state index in [0.29, 0.717) is 48.7 Å². The number of thiophene rings is 1. The summed E-state index contributed by atoms with van der Waals surface area (Å²) < 4.78 is 85.0. The molecule has 3 aromatic rings. The van der Waals surface area contributed by atoms with Crippen LogP contribution in [0.4, 0.5) is 26.3 Å². The van der Waals surface area contributed by atoms with Gasteiger partial charge in [-0.2, -0.15) is 21.0 Å². The van der Waals surface area contributed by atoms with Crippen LogP contribution >= 0.6 is 11.3 Å². The van der Waals surface area contributed by atoms with Gasteiger partial charge >= 0.3 is 12.7 Å². The van der Waals surface area contributed by atoms with Crippen LogP contribution in [-0.4, -0.2) is 12.7 Å². The molecule has 0 saturated heterocycles. The van der Waals surface area contributed by atoms with Crippen LogP contribution in [0.15, 0.2) is 71.5 Å². The topological polar surface area (TPSA) is 114 Å². The molecular formula is C32H12F6N4O2S. The van der Waals surface area contributed by atoms with Gasteiger partial charge in [0.15, 0.2) is 0 Å². The lowest BCUT2D eigenvalue weighted by atomic mass is 9.88. The van der Waals surface area contributed by atoms with E-state index in [1.165, 1.54) is 18.2 Å². The Morgan fingerprint density at radius 1 is 0.711 bits per heavy atom. The van der Waals surface area contributed by atoms with Crippen LogP contribution in [0.25, 0.3) is 33.4 Å². The summed E-state index contributed by atoms with van der Waals surface area (Å²) in [6, 6.07) is 16.3. The molecule has 1 heterocycles. The lowest BCUT2D eigenvalue weighted by Gasteiger charge is -2.19. The smallest absolute Gasteiger partial charge is 0.406 e. The van der Waals surface area contributed by atoms with Gasteiger partial charge in [-0.3, -0.25) is 0 Å². The van der Waals surface area contributed by atoms with Gasteiger partial charge in [0.25, 0.3) is 0 Å². The quantitative estimate of drug-likeness (QED) is 0.145. The fraction of sp³-hybridized carbons (Fsp3) is 0.125. The highest BCUT2D eigenvalue weighted by Crippen LogP contribution is 2.61. The van der Waals surface area contributed by atoms with Crippen LogP contribution in [0.5, 0.6) is 5.75 Å². The van der Waals surface area contributed by atoms with Gasteiger partial charge in [0.1, 0.15) is 46.9 Å². The van der Waals surface area contributed by atoms with Crippen molar-refractivity contribution in [2.24, 2.45) is 0 Å². The molecule has 0 spiro atoms. The molecule has 0 bridgehead atoms. The number of alkyl halides is 6. The molecule has 1 atom stereocenters. The Bertz CT molecular complexity index is 2090. The summed E-state index contributed by atoms with van der Waals surface area (Å²) in [4.78, 5) is 0.913. The second-order valence-electron chi connectivity index (χ2n) is 9.87. The van der Waals surface area contributed by atoms with Crippen molar-refractivity contribution in [1.29, 1.82) is 21.0 Å². The Morgan fingerprint density at radius 3 is 1.73 bits per heavy atom. The first-order valence-electron chi connectivity index (χ1n) is 12.8. The van der Waals surface area contributed by atoms with Crippen LogP contribution < -0.4 is 4.74 Å². The van der Waals surface area contributed by atoms with E-state index in [1.807, 2.05) is 12.1 Å². The predicted octanol–water partition coefficient (Wildman–Crippen LogP) is 8.77. The van der Waals surface area contributed by atoms with Crippen molar-refractivity contribution in [3.05, 3.63) is 98.0 Å². The molecule has 3 aliphatic rings. The van der Waals surface area contributed by atoms with Crippen molar-refractivity contribution < 1.29 is 35.8 Å². The second kappa shape index (κ2) is 10.4. The third-order valence-corrected chi connectivity index (χ3v) is 8.61. The Hall–Kier alpha value is -5.76. The molecule has 6 nitrogen and oxygen atoms in total. The first-order valence-corrected chi connectivity index (χ1v) is 13.6. The minimum atomic E-state index is -4.98. The highest BCUT2D eigenvalue weighted by molar-refractivity contribution is 7.16. The van der Waals surface area contributed by atoms with Crippen molar-refractivity contribution in [1.82, 2.24) is 0 Å². The van der Waals surface area contributed by atoms with E-state index in [1.54, 1.807) is 36.4 Å². The first-order chi connectivity index (χ1) is 21.4. The highest BCUT2D eigenvalue weighted by atomic mass is 32.1. The molecule has 220 valence electrons. The summed E-state index contributed by atoms with van der Waals surface area (Å²) in [5.74, 6) is -1.22. The normalized spacial score (nSPS) is 15.8. The summed E-state index contributed by atoms with van der Waals surface area (Å²) in [6.07, 6.45) is -5.53. The zero-order valence-electron chi connectivity index (χ0n) is 22.3. The van der Waals surface area contributed by atoms with E-state index in [9.17, 15) is 47.4 Å². The zero-order chi connectivity index (χ0) is 32.3. The van der Waals surface area contributed by atoms with Gasteiger partial charge < -0.3 is 9.47 Å². The minimum Gasteiger partial charge on any atom is -0.406 e. The molecule has 1 aromatic heterocycles. The van der Waals surface area contributed by atoms with Crippen LogP contribution in [0.1, 0.15) is 38.8 Å². The first kappa shape index (κ1) is 29.3. The molecule has 1 unspecified atom stereocenters. The number of rotatable bonds is 3. The number of nitriles is 4. The Kier molecular flexibility index (Phi) is 6.81. The lowest BCUT2D eigenvalue weighted by molar-refractivity contribution is -0.303. The van der Waals surface area contributed by atoms with E-state index in [2.05, 4.69) is 9.47 Å². The minimum absolute atomic E-state index is 0.112. The average Bonchev–Trinajstić information content (AvgIpc) is 3.59. The van der Waals surface area contributed by atoms with Gasteiger partial charge in [-0.05, 0) is 70.7 Å². The summed E-state index contributed by atoms with van der Waals surface area (Å²) in [5.41, 5.74) is 3.38. The number of halogens is 6. The molecule has 6 rings (SSSR count). The molecule has 3 aliphatic carbocycles. The monoisotopic (exact) mass is 630 g/mol. The molecule has 0 aliphatic heterocycles. The lowest BCUT2D eigenvalue weighted by Crippen LogP contribution is -2.17. The SMILES string of the molecule is N#CC(C#N)=C1c2cc(OC(F)(F)F)ccc2-c2c1sc1c2-c2ccc(C3C=CC(OC(F)(F)F)=CC3)cc2C1=C(C#N)C#N. The molecule has 0 amide bonds. The van der Waals surface area contributed by atoms with E-state index in [4.69, 9.17) is 0 Å². The Balaban J connectivity index is 1.53. The molecule has 13 heteroatoms. The summed E-state index contributed by atoms with van der Waals surface area (Å²) >= 11 is 1.09. The van der Waals surface area contributed by atoms with E-state index in [0.717, 1.165) is 23.5 Å². The van der Waals surface area contributed by atoms with Crippen LogP contribution in [0, 0.1) is 45.3 Å². The fourth-order valence-electron chi connectivity index (χ4n) is 5.73. The predicted molar refractivity (Wildman–Crippen MR) is 148 cm³/mol. The van der Waals surface area contributed by atoms with Gasteiger partial charge in [0.05, 0.1) is 0 Å². The number of fused-ring (bicyclic) bond motifs is 7. The van der Waals surface area contributed by atoms with Gasteiger partial charge in [-0.15, -0.1) is 37.7 Å². The number of hydrogen-bond donors (Lipinski definition) is 0. The largest absolute Gasteiger partial charge is 0.573 e. The van der Waals surface area contributed by atoms with Crippen molar-refractivity contribution in [2.45, 2.75) is 25.1 Å². The van der Waals surface area contributed by atoms with E-state index in [-0.39, 0.29) is 40.4 Å². The standard InChI is InChI=1S/C32H12F6N4O2S/c33-31(34,35)43-19-4-1-15(2-5-19)16-3-7-21-23(9-16)25(17(11-39)12-40)29-27(21)28-22-8-6-20(44-32(36,37)38)10-24(22)26(30(28)45-29)18(13-41)14-42/h1,3-10,15H,2H2. The number of allylic oxidation sites excluding steroid dienone is 5. The molecule has 0 N–H and O–H groups in total. The Morgan fingerprint density at radius 2 is 1.24 bits per heavy atom. The molecule has 0 saturated carbocycles. The van der Waals surface area contributed by atoms with Crippen molar-refractivity contribution in [3.63, 3.8) is 0 Å². The van der Waals surface area contributed by atoms with Crippen LogP contribution in [0.3, 0.4) is 0 Å². The maximum atomic E-state index is 13.0. The molecular weight excluding hydrogens is 618 g/mol. The fourth-order valence-corrected chi connectivity index (χ4v) is 7.19. The molecule has 45 heavy (non-hydrogen) atoms. The third-order valence-electron chi connectivity index (χ3n) is 7.38. The maximum Gasteiger partial charge on any atom is 0.573 e. The zero-order valence-corrected chi connectivity index (χ0v) is 23.1. The molecule has 0 fully saturated rings. The molecule has 0 radical (unpaired) electrons. The van der Waals surface area contributed by atoms with E-state index >= 15 is 0 Å². The third kappa shape index (κ3) is 5.00. The van der Waals surface area contributed by atoms with Gasteiger partial charge in [0.2, 0.25) is 0 Å². The number of benzene rings is 2. The second-order valence-corrected chi connectivity index (χ2v) is 10.9. The summed E-state index contributed by atoms with van der Waals surface area (Å²) in [7, 11) is 0. The van der Waals surface area contributed by atoms with Gasteiger partial charge in [-0.25, -0.2) is 0 Å². The number of nitrogens with zero attached hydrogens (tertiary/aromatic N) is 4. The van der Waals surface area contributed by atoms with Crippen LogP contribution in [-0.2, 0) is 4.74 Å². The van der Waals surface area contributed by atoms with Crippen molar-refractivity contribution >= 4 is 22.5 Å². The molecule has 2 aromatic carbocycles. The van der Waals surface area contributed by atoms with Gasteiger partial charge in [-0.1, -0.05) is 18.2 Å². The maximum absolute atomic E-state index is 13.0. The van der Waals surface area contributed by atoms with Crippen molar-refractivity contribution in [3.8, 4) is 52.3 Å². The summed E-state index contributed by atoms with van der Waals surface area (Å²) in [6.45, 7) is 0. The van der Waals surface area contributed by atoms with E-state index < -0.39 is 18.5 Å². The van der Waals surface area contributed by atoms with Gasteiger partial charge in [0, 0.05) is 37.9 Å². The average molecular weight is 631 g/mol. The number of hydrogen-bond acceptors (Lipinski definition) is 7. The Labute approximate surface area is 254 Å². The summed E-state index contributed by atoms with van der Waals surface area (Å²) in [5, 5.41) is 39.2. The van der Waals surface area contributed by atoms with Crippen molar-refractivity contribution in [2.75, 3.05) is 0 Å². The van der Waals surface area contributed by atoms with Crippen LogP contribution in [0.2, 0.25) is 0 Å². The number of ether oxygens (including phenoxy) is 2.